The summed E-state index contributed by atoms with van der Waals surface area (Å²) in [6, 6.07) is 16.1. The van der Waals surface area contributed by atoms with Gasteiger partial charge in [-0.05, 0) is 61.4 Å². The van der Waals surface area contributed by atoms with Crippen molar-refractivity contribution in [3.05, 3.63) is 83.9 Å². The minimum atomic E-state index is -3.61. The largest absolute Gasteiger partial charge is 0.282 e. The molecular weight excluding hydrogens is 461 g/mol. The maximum Gasteiger partial charge on any atom is 0.229 e. The first-order valence-corrected chi connectivity index (χ1v) is 12.8. The minimum absolute atomic E-state index is 0.0299. The highest BCUT2D eigenvalue weighted by molar-refractivity contribution is 7.91. The third-order valence-corrected chi connectivity index (χ3v) is 8.02. The number of hydrogen-bond acceptors (Lipinski definition) is 6. The Labute approximate surface area is 195 Å². The van der Waals surface area contributed by atoms with E-state index < -0.39 is 15.7 Å². The van der Waals surface area contributed by atoms with Gasteiger partial charge in [0.1, 0.15) is 5.82 Å². The molecule has 170 valence electrons. The molecule has 0 saturated carbocycles. The number of benzene rings is 2. The molecule has 0 atom stereocenters. The summed E-state index contributed by atoms with van der Waals surface area (Å²) < 4.78 is 39.2. The van der Waals surface area contributed by atoms with Gasteiger partial charge in [-0.3, -0.25) is 14.7 Å². The highest BCUT2D eigenvalue weighted by atomic mass is 32.2. The van der Waals surface area contributed by atoms with Crippen molar-refractivity contribution in [1.29, 1.82) is 0 Å². The van der Waals surface area contributed by atoms with Crippen LogP contribution in [-0.4, -0.2) is 30.0 Å². The molecule has 0 aliphatic carbocycles. The second-order valence-electron chi connectivity index (χ2n) is 7.60. The second-order valence-corrected chi connectivity index (χ2v) is 10.7. The first kappa shape index (κ1) is 23.0. The van der Waals surface area contributed by atoms with E-state index in [1.54, 1.807) is 17.2 Å². The van der Waals surface area contributed by atoms with Crippen LogP contribution in [0.25, 0.3) is 10.2 Å². The standard InChI is InChI=1S/C24H22FN3O3S2/c1-17-6-4-8-21-23(17)27-24(32-21)28(16-19-7-2-3-14-26-19)22(29)9-5-15-33(30,31)20-12-10-18(25)11-13-20/h2-4,6-8,10-14H,5,9,15-16H2,1H3. The number of thiazole rings is 1. The molecule has 0 unspecified atom stereocenters. The molecule has 0 fully saturated rings. The van der Waals surface area contributed by atoms with E-state index in [-0.39, 0.29) is 35.9 Å². The zero-order chi connectivity index (χ0) is 23.4. The smallest absolute Gasteiger partial charge is 0.229 e. The van der Waals surface area contributed by atoms with E-state index in [0.29, 0.717) is 10.8 Å². The summed E-state index contributed by atoms with van der Waals surface area (Å²) in [5.41, 5.74) is 2.57. The summed E-state index contributed by atoms with van der Waals surface area (Å²) in [6.07, 6.45) is 1.83. The van der Waals surface area contributed by atoms with Crippen LogP contribution in [0.5, 0.6) is 0 Å². The summed E-state index contributed by atoms with van der Waals surface area (Å²) >= 11 is 1.42. The molecule has 0 saturated heterocycles. The van der Waals surface area contributed by atoms with Crippen molar-refractivity contribution in [3.8, 4) is 0 Å². The van der Waals surface area contributed by atoms with Gasteiger partial charge in [-0.1, -0.05) is 29.5 Å². The SMILES string of the molecule is Cc1cccc2sc(N(Cc3ccccn3)C(=O)CCCS(=O)(=O)c3ccc(F)cc3)nc12. The average Bonchev–Trinajstić information content (AvgIpc) is 3.23. The Morgan fingerprint density at radius 2 is 1.85 bits per heavy atom. The van der Waals surface area contributed by atoms with Crippen LogP contribution in [-0.2, 0) is 21.2 Å². The molecule has 2 aromatic heterocycles. The lowest BCUT2D eigenvalue weighted by atomic mass is 10.2. The summed E-state index contributed by atoms with van der Waals surface area (Å²) in [5.74, 6) is -0.937. The van der Waals surface area contributed by atoms with E-state index in [0.717, 1.165) is 27.9 Å². The van der Waals surface area contributed by atoms with Crippen molar-refractivity contribution in [1.82, 2.24) is 9.97 Å². The predicted octanol–water partition coefficient (Wildman–Crippen LogP) is 4.93. The first-order valence-electron chi connectivity index (χ1n) is 10.4. The molecule has 0 aliphatic rings. The topological polar surface area (TPSA) is 80.2 Å². The molecule has 6 nitrogen and oxygen atoms in total. The van der Waals surface area contributed by atoms with Gasteiger partial charge in [-0.25, -0.2) is 17.8 Å². The van der Waals surface area contributed by atoms with Crippen LogP contribution in [0.3, 0.4) is 0 Å². The van der Waals surface area contributed by atoms with Crippen LogP contribution in [0.1, 0.15) is 24.1 Å². The van der Waals surface area contributed by atoms with Gasteiger partial charge in [0, 0.05) is 12.6 Å². The third-order valence-electron chi connectivity index (χ3n) is 5.16. The summed E-state index contributed by atoms with van der Waals surface area (Å²) in [5, 5.41) is 0.552. The molecule has 4 rings (SSSR count). The van der Waals surface area contributed by atoms with Crippen LogP contribution in [0.4, 0.5) is 9.52 Å². The number of fused-ring (bicyclic) bond motifs is 1. The number of amides is 1. The lowest BCUT2D eigenvalue weighted by Gasteiger charge is -2.19. The first-order chi connectivity index (χ1) is 15.8. The molecule has 0 spiro atoms. The second kappa shape index (κ2) is 9.76. The Balaban J connectivity index is 1.53. The molecule has 0 bridgehead atoms. The Morgan fingerprint density at radius 3 is 2.55 bits per heavy atom. The van der Waals surface area contributed by atoms with Crippen molar-refractivity contribution >= 4 is 42.4 Å². The van der Waals surface area contributed by atoms with Crippen LogP contribution in [0, 0.1) is 12.7 Å². The number of carbonyl (C=O) groups excluding carboxylic acids is 1. The van der Waals surface area contributed by atoms with Crippen LogP contribution < -0.4 is 4.90 Å². The Kier molecular flexibility index (Phi) is 6.80. The summed E-state index contributed by atoms with van der Waals surface area (Å²) in [6.45, 7) is 2.21. The van der Waals surface area contributed by atoms with Crippen LogP contribution in [0.2, 0.25) is 0 Å². The highest BCUT2D eigenvalue weighted by Crippen LogP contribution is 2.32. The fraction of sp³-hybridized carbons (Fsp3) is 0.208. The fourth-order valence-electron chi connectivity index (χ4n) is 3.41. The molecule has 33 heavy (non-hydrogen) atoms. The van der Waals surface area contributed by atoms with E-state index in [4.69, 9.17) is 0 Å². The van der Waals surface area contributed by atoms with Gasteiger partial charge >= 0.3 is 0 Å². The number of hydrogen-bond donors (Lipinski definition) is 0. The lowest BCUT2D eigenvalue weighted by Crippen LogP contribution is -2.30. The minimum Gasteiger partial charge on any atom is -0.282 e. The van der Waals surface area contributed by atoms with E-state index in [9.17, 15) is 17.6 Å². The molecule has 2 heterocycles. The fourth-order valence-corrected chi connectivity index (χ4v) is 5.79. The van der Waals surface area contributed by atoms with Gasteiger partial charge in [0.25, 0.3) is 0 Å². The van der Waals surface area contributed by atoms with E-state index in [1.165, 1.54) is 23.5 Å². The molecular formula is C24H22FN3O3S2. The van der Waals surface area contributed by atoms with Gasteiger partial charge in [-0.15, -0.1) is 0 Å². The average molecular weight is 484 g/mol. The molecule has 0 N–H and O–H groups in total. The van der Waals surface area contributed by atoms with Crippen LogP contribution >= 0.6 is 11.3 Å². The number of pyridine rings is 1. The number of halogens is 1. The monoisotopic (exact) mass is 483 g/mol. The third kappa shape index (κ3) is 5.43. The van der Waals surface area contributed by atoms with Crippen molar-refractivity contribution < 1.29 is 17.6 Å². The number of sulfone groups is 1. The number of aromatic nitrogens is 2. The van der Waals surface area contributed by atoms with E-state index in [2.05, 4.69) is 9.97 Å². The van der Waals surface area contributed by atoms with Crippen molar-refractivity contribution in [2.75, 3.05) is 10.7 Å². The number of rotatable bonds is 8. The molecule has 0 aliphatic heterocycles. The van der Waals surface area contributed by atoms with Gasteiger partial charge in [0.05, 0.1) is 33.1 Å². The molecule has 4 aromatic rings. The lowest BCUT2D eigenvalue weighted by molar-refractivity contribution is -0.118. The number of aryl methyl sites for hydroxylation is 1. The quantitative estimate of drug-likeness (QED) is 0.332. The molecule has 9 heteroatoms. The Hall–Kier alpha value is -3.17. The predicted molar refractivity (Wildman–Crippen MR) is 127 cm³/mol. The van der Waals surface area contributed by atoms with E-state index >= 15 is 0 Å². The van der Waals surface area contributed by atoms with Gasteiger partial charge in [0.2, 0.25) is 5.91 Å². The maximum atomic E-state index is 13.2. The zero-order valence-corrected chi connectivity index (χ0v) is 19.6. The zero-order valence-electron chi connectivity index (χ0n) is 17.9. The molecule has 0 radical (unpaired) electrons. The number of nitrogens with zero attached hydrogens (tertiary/aromatic N) is 3. The molecule has 2 aromatic carbocycles. The van der Waals surface area contributed by atoms with Crippen molar-refractivity contribution in [3.63, 3.8) is 0 Å². The maximum absolute atomic E-state index is 13.2. The number of anilines is 1. The molecule has 1 amide bonds. The van der Waals surface area contributed by atoms with Crippen molar-refractivity contribution in [2.24, 2.45) is 0 Å². The summed E-state index contributed by atoms with van der Waals surface area (Å²) in [7, 11) is -3.61. The van der Waals surface area contributed by atoms with E-state index in [1.807, 2.05) is 37.3 Å². The number of carbonyl (C=O) groups is 1. The number of para-hydroxylation sites is 1. The Morgan fingerprint density at radius 1 is 1.06 bits per heavy atom. The normalized spacial score (nSPS) is 11.6. The van der Waals surface area contributed by atoms with Gasteiger partial charge in [-0.2, -0.15) is 0 Å². The van der Waals surface area contributed by atoms with Crippen LogP contribution in [0.15, 0.2) is 71.8 Å². The summed E-state index contributed by atoms with van der Waals surface area (Å²) in [4.78, 5) is 23.8. The van der Waals surface area contributed by atoms with Gasteiger partial charge in [0.15, 0.2) is 15.0 Å². The van der Waals surface area contributed by atoms with Crippen molar-refractivity contribution in [2.45, 2.75) is 31.2 Å². The highest BCUT2D eigenvalue weighted by Gasteiger charge is 2.22. The van der Waals surface area contributed by atoms with Gasteiger partial charge < -0.3 is 0 Å². The Bertz CT molecular complexity index is 1370.